The van der Waals surface area contributed by atoms with Crippen LogP contribution in [0.1, 0.15) is 10.4 Å². The molecule has 0 aliphatic rings. The van der Waals surface area contributed by atoms with E-state index in [0.717, 1.165) is 0 Å². The molecule has 6 nitrogen and oxygen atoms in total. The summed E-state index contributed by atoms with van der Waals surface area (Å²) in [7, 11) is 0. The van der Waals surface area contributed by atoms with E-state index in [1.165, 1.54) is 24.3 Å². The third-order valence-corrected chi connectivity index (χ3v) is 2.73. The summed E-state index contributed by atoms with van der Waals surface area (Å²) in [5.41, 5.74) is 1.18. The molecule has 2 aromatic rings. The molecule has 1 aromatic carbocycles. The third-order valence-electron chi connectivity index (χ3n) is 2.15. The summed E-state index contributed by atoms with van der Waals surface area (Å²) in [6, 6.07) is 5.70. The van der Waals surface area contributed by atoms with Crippen molar-refractivity contribution < 1.29 is 14.2 Å². The van der Waals surface area contributed by atoms with Crippen LogP contribution in [0.15, 0.2) is 33.5 Å². The minimum Gasteiger partial charge on any atom is -0.348 e. The van der Waals surface area contributed by atoms with E-state index in [0.29, 0.717) is 17.5 Å². The van der Waals surface area contributed by atoms with E-state index in [-0.39, 0.29) is 15.9 Å². The normalized spacial score (nSPS) is 10.2. The molecule has 2 rings (SSSR count). The van der Waals surface area contributed by atoms with Gasteiger partial charge < -0.3 is 4.52 Å². The van der Waals surface area contributed by atoms with Crippen molar-refractivity contribution in [2.75, 3.05) is 0 Å². The van der Waals surface area contributed by atoms with Crippen molar-refractivity contribution in [3.8, 4) is 11.3 Å². The number of benzene rings is 1. The number of carbonyl (C=O) groups excluding carboxylic acids is 1. The van der Waals surface area contributed by atoms with Crippen molar-refractivity contribution >= 4 is 27.9 Å². The van der Waals surface area contributed by atoms with Gasteiger partial charge in [-0.05, 0) is 28.1 Å². The minimum absolute atomic E-state index is 0.0241. The Labute approximate surface area is 104 Å². The summed E-state index contributed by atoms with van der Waals surface area (Å²) in [6.45, 7) is 0. The van der Waals surface area contributed by atoms with Crippen LogP contribution in [-0.4, -0.2) is 16.4 Å². The molecular weight excluding hydrogens is 292 g/mol. The maximum atomic E-state index is 10.8. The number of nitrogens with zero attached hydrogens (tertiary/aromatic N) is 2. The second-order valence-electron chi connectivity index (χ2n) is 3.14. The van der Waals surface area contributed by atoms with Crippen molar-refractivity contribution in [2.45, 2.75) is 0 Å². The standard InChI is InChI=1S/C10H5BrN2O4/c11-10-8(5-14)9(12-17-10)6-1-3-7(4-2-6)13(15)16/h1-5H. The Bertz CT molecular complexity index is 576. The predicted molar refractivity (Wildman–Crippen MR) is 61.7 cm³/mol. The van der Waals surface area contributed by atoms with Crippen molar-refractivity contribution in [3.63, 3.8) is 0 Å². The summed E-state index contributed by atoms with van der Waals surface area (Å²) in [5, 5.41) is 14.2. The molecule has 0 fully saturated rings. The molecule has 7 heteroatoms. The van der Waals surface area contributed by atoms with Gasteiger partial charge in [-0.1, -0.05) is 5.16 Å². The molecule has 0 aliphatic carbocycles. The van der Waals surface area contributed by atoms with E-state index in [1.807, 2.05) is 0 Å². The molecule has 0 saturated heterocycles. The highest BCUT2D eigenvalue weighted by Gasteiger charge is 2.15. The Morgan fingerprint density at radius 1 is 1.35 bits per heavy atom. The molecule has 0 N–H and O–H groups in total. The van der Waals surface area contributed by atoms with Crippen molar-refractivity contribution in [1.29, 1.82) is 0 Å². The number of nitro benzene ring substituents is 1. The highest BCUT2D eigenvalue weighted by atomic mass is 79.9. The van der Waals surface area contributed by atoms with Gasteiger partial charge in [-0.3, -0.25) is 14.9 Å². The Balaban J connectivity index is 2.46. The number of hydrogen-bond acceptors (Lipinski definition) is 5. The van der Waals surface area contributed by atoms with E-state index in [9.17, 15) is 14.9 Å². The van der Waals surface area contributed by atoms with E-state index in [4.69, 9.17) is 4.52 Å². The van der Waals surface area contributed by atoms with Crippen LogP contribution in [0.2, 0.25) is 0 Å². The minimum atomic E-state index is -0.497. The number of nitro groups is 1. The van der Waals surface area contributed by atoms with Crippen molar-refractivity contribution in [3.05, 3.63) is 44.6 Å². The summed E-state index contributed by atoms with van der Waals surface area (Å²) in [5.74, 6) is 0. The SMILES string of the molecule is O=Cc1c(-c2ccc([N+](=O)[O-])cc2)noc1Br. The lowest BCUT2D eigenvalue weighted by Crippen LogP contribution is -1.88. The fourth-order valence-corrected chi connectivity index (χ4v) is 1.68. The number of non-ortho nitro benzene ring substituents is 1. The van der Waals surface area contributed by atoms with Gasteiger partial charge in [-0.2, -0.15) is 0 Å². The molecule has 0 atom stereocenters. The zero-order valence-electron chi connectivity index (χ0n) is 8.29. The van der Waals surface area contributed by atoms with Crippen LogP contribution in [-0.2, 0) is 0 Å². The van der Waals surface area contributed by atoms with Crippen molar-refractivity contribution in [1.82, 2.24) is 5.16 Å². The first-order valence-electron chi connectivity index (χ1n) is 4.48. The van der Waals surface area contributed by atoms with Gasteiger partial charge in [0.15, 0.2) is 6.29 Å². The summed E-state index contributed by atoms with van der Waals surface area (Å²) < 4.78 is 5.06. The van der Waals surface area contributed by atoms with E-state index < -0.39 is 4.92 Å². The molecule has 1 aromatic heterocycles. The second-order valence-corrected chi connectivity index (χ2v) is 3.86. The number of rotatable bonds is 3. The van der Waals surface area contributed by atoms with Crippen LogP contribution in [0.3, 0.4) is 0 Å². The van der Waals surface area contributed by atoms with Gasteiger partial charge in [0, 0.05) is 17.7 Å². The van der Waals surface area contributed by atoms with E-state index >= 15 is 0 Å². The molecule has 0 saturated carbocycles. The van der Waals surface area contributed by atoms with Crippen LogP contribution in [0.25, 0.3) is 11.3 Å². The van der Waals surface area contributed by atoms with Crippen LogP contribution in [0.4, 0.5) is 5.69 Å². The molecule has 0 amide bonds. The maximum absolute atomic E-state index is 10.8. The smallest absolute Gasteiger partial charge is 0.269 e. The first-order chi connectivity index (χ1) is 8.13. The molecule has 0 aliphatic heterocycles. The van der Waals surface area contributed by atoms with Gasteiger partial charge in [-0.15, -0.1) is 0 Å². The zero-order chi connectivity index (χ0) is 12.4. The Hall–Kier alpha value is -2.02. The van der Waals surface area contributed by atoms with Crippen LogP contribution >= 0.6 is 15.9 Å². The molecule has 1 heterocycles. The molecule has 86 valence electrons. The highest BCUT2D eigenvalue weighted by Crippen LogP contribution is 2.28. The Morgan fingerprint density at radius 3 is 2.53 bits per heavy atom. The zero-order valence-corrected chi connectivity index (χ0v) is 9.88. The monoisotopic (exact) mass is 296 g/mol. The lowest BCUT2D eigenvalue weighted by Gasteiger charge is -1.96. The van der Waals surface area contributed by atoms with E-state index in [2.05, 4.69) is 21.1 Å². The summed E-state index contributed by atoms with van der Waals surface area (Å²) in [4.78, 5) is 20.8. The molecule has 17 heavy (non-hydrogen) atoms. The lowest BCUT2D eigenvalue weighted by molar-refractivity contribution is -0.384. The van der Waals surface area contributed by atoms with Crippen LogP contribution < -0.4 is 0 Å². The van der Waals surface area contributed by atoms with E-state index in [1.54, 1.807) is 0 Å². The number of halogens is 1. The summed E-state index contributed by atoms with van der Waals surface area (Å²) >= 11 is 3.04. The average molecular weight is 297 g/mol. The molecule has 0 radical (unpaired) electrons. The first kappa shape index (κ1) is 11.5. The third kappa shape index (κ3) is 2.09. The Kier molecular flexibility index (Phi) is 3.01. The van der Waals surface area contributed by atoms with Crippen molar-refractivity contribution in [2.24, 2.45) is 0 Å². The van der Waals surface area contributed by atoms with Gasteiger partial charge in [-0.25, -0.2) is 0 Å². The number of carbonyl (C=O) groups is 1. The lowest BCUT2D eigenvalue weighted by atomic mass is 10.1. The quantitative estimate of drug-likeness (QED) is 0.494. The molecule has 0 bridgehead atoms. The highest BCUT2D eigenvalue weighted by molar-refractivity contribution is 9.10. The number of hydrogen-bond donors (Lipinski definition) is 0. The largest absolute Gasteiger partial charge is 0.348 e. The van der Waals surface area contributed by atoms with Gasteiger partial charge in [0.05, 0.1) is 10.5 Å². The number of aldehydes is 1. The molecule has 0 unspecified atom stereocenters. The van der Waals surface area contributed by atoms with Gasteiger partial charge in [0.1, 0.15) is 5.69 Å². The maximum Gasteiger partial charge on any atom is 0.269 e. The molecule has 0 spiro atoms. The fourth-order valence-electron chi connectivity index (χ4n) is 1.33. The van der Waals surface area contributed by atoms with Gasteiger partial charge in [0.2, 0.25) is 4.67 Å². The first-order valence-corrected chi connectivity index (χ1v) is 5.28. The number of aromatic nitrogens is 1. The second kappa shape index (κ2) is 4.46. The molecular formula is C10H5BrN2O4. The summed E-state index contributed by atoms with van der Waals surface area (Å²) in [6.07, 6.45) is 0.608. The fraction of sp³-hybridized carbons (Fsp3) is 0. The topological polar surface area (TPSA) is 86.2 Å². The average Bonchev–Trinajstić information content (AvgIpc) is 2.70. The van der Waals surface area contributed by atoms with Crippen LogP contribution in [0.5, 0.6) is 0 Å². The predicted octanol–water partition coefficient (Wildman–Crippen LogP) is 2.82. The van der Waals surface area contributed by atoms with Gasteiger partial charge in [0.25, 0.3) is 5.69 Å². The van der Waals surface area contributed by atoms with Crippen LogP contribution in [0, 0.1) is 10.1 Å². The van der Waals surface area contributed by atoms with Gasteiger partial charge >= 0.3 is 0 Å². The Morgan fingerprint density at radius 2 is 2.00 bits per heavy atom.